The Bertz CT molecular complexity index is 815. The standard InChI is InChI=1S/C23H31N3OS/c1-17-8-7-10-21(18(17)2)24-23(28)26(20-12-14-25(3)15-13-20)16-19-9-5-6-11-22(19)27-4/h5-11,20H,12-16H2,1-4H3,(H,24,28). The summed E-state index contributed by atoms with van der Waals surface area (Å²) < 4.78 is 5.58. The van der Waals surface area contributed by atoms with Crippen LogP contribution >= 0.6 is 12.2 Å². The lowest BCUT2D eigenvalue weighted by Crippen LogP contribution is -2.47. The first kappa shape index (κ1) is 20.6. The first-order valence-corrected chi connectivity index (χ1v) is 10.3. The maximum Gasteiger partial charge on any atom is 0.173 e. The number of anilines is 1. The normalized spacial score (nSPS) is 15.3. The van der Waals surface area contributed by atoms with Gasteiger partial charge in [-0.15, -0.1) is 0 Å². The Balaban J connectivity index is 1.84. The zero-order valence-corrected chi connectivity index (χ0v) is 18.2. The summed E-state index contributed by atoms with van der Waals surface area (Å²) in [5, 5.41) is 4.31. The van der Waals surface area contributed by atoms with Gasteiger partial charge in [-0.25, -0.2) is 0 Å². The Hall–Kier alpha value is -2.11. The van der Waals surface area contributed by atoms with Gasteiger partial charge in [0.1, 0.15) is 5.75 Å². The molecule has 4 nitrogen and oxygen atoms in total. The van der Waals surface area contributed by atoms with Crippen LogP contribution in [0.4, 0.5) is 5.69 Å². The van der Waals surface area contributed by atoms with Crippen molar-refractivity contribution in [1.29, 1.82) is 0 Å². The molecule has 5 heteroatoms. The molecule has 150 valence electrons. The lowest BCUT2D eigenvalue weighted by atomic mass is 10.0. The molecule has 0 aliphatic carbocycles. The van der Waals surface area contributed by atoms with Crippen molar-refractivity contribution >= 4 is 23.0 Å². The molecule has 1 aliphatic rings. The summed E-state index contributed by atoms with van der Waals surface area (Å²) in [5.74, 6) is 0.912. The van der Waals surface area contributed by atoms with Gasteiger partial charge in [0.2, 0.25) is 0 Å². The number of thiocarbonyl (C=S) groups is 1. The van der Waals surface area contributed by atoms with Gasteiger partial charge in [-0.1, -0.05) is 30.3 Å². The van der Waals surface area contributed by atoms with E-state index >= 15 is 0 Å². The number of nitrogens with one attached hydrogen (secondary N) is 1. The molecule has 0 aromatic heterocycles. The maximum absolute atomic E-state index is 5.91. The molecule has 1 saturated heterocycles. The van der Waals surface area contributed by atoms with E-state index in [0.29, 0.717) is 6.04 Å². The average molecular weight is 398 g/mol. The molecule has 0 radical (unpaired) electrons. The highest BCUT2D eigenvalue weighted by molar-refractivity contribution is 7.80. The number of aryl methyl sites for hydroxylation is 1. The third-order valence-electron chi connectivity index (χ3n) is 5.77. The molecule has 2 aromatic rings. The van der Waals surface area contributed by atoms with Gasteiger partial charge in [-0.05, 0) is 82.3 Å². The molecule has 0 amide bonds. The summed E-state index contributed by atoms with van der Waals surface area (Å²) in [4.78, 5) is 4.74. The van der Waals surface area contributed by atoms with E-state index in [1.807, 2.05) is 12.1 Å². The molecule has 0 atom stereocenters. The Kier molecular flexibility index (Phi) is 6.92. The summed E-state index contributed by atoms with van der Waals surface area (Å²) in [6, 6.07) is 14.9. The van der Waals surface area contributed by atoms with E-state index in [-0.39, 0.29) is 0 Å². The van der Waals surface area contributed by atoms with Crippen LogP contribution in [0.1, 0.15) is 29.5 Å². The van der Waals surface area contributed by atoms with Crippen molar-refractivity contribution in [3.05, 3.63) is 59.2 Å². The van der Waals surface area contributed by atoms with E-state index in [1.165, 1.54) is 11.1 Å². The van der Waals surface area contributed by atoms with Crippen LogP contribution < -0.4 is 10.1 Å². The summed E-state index contributed by atoms with van der Waals surface area (Å²) in [6.07, 6.45) is 2.22. The number of ether oxygens (including phenoxy) is 1. The zero-order chi connectivity index (χ0) is 20.1. The van der Waals surface area contributed by atoms with Crippen LogP contribution in [-0.4, -0.2) is 48.2 Å². The number of benzene rings is 2. The highest BCUT2D eigenvalue weighted by Gasteiger charge is 2.26. The van der Waals surface area contributed by atoms with Crippen LogP contribution in [-0.2, 0) is 6.54 Å². The molecule has 1 fully saturated rings. The van der Waals surface area contributed by atoms with Crippen molar-refractivity contribution in [2.45, 2.75) is 39.3 Å². The second-order valence-electron chi connectivity index (χ2n) is 7.65. The van der Waals surface area contributed by atoms with Crippen molar-refractivity contribution in [1.82, 2.24) is 9.80 Å². The number of piperidine rings is 1. The fourth-order valence-corrected chi connectivity index (χ4v) is 4.09. The molecule has 0 saturated carbocycles. The highest BCUT2D eigenvalue weighted by atomic mass is 32.1. The first-order valence-electron chi connectivity index (χ1n) is 9.94. The summed E-state index contributed by atoms with van der Waals surface area (Å²) in [7, 11) is 3.92. The molecule has 0 unspecified atom stereocenters. The number of methoxy groups -OCH3 is 1. The van der Waals surface area contributed by atoms with Crippen LogP contribution in [0.15, 0.2) is 42.5 Å². The molecule has 1 N–H and O–H groups in total. The number of rotatable bonds is 5. The van der Waals surface area contributed by atoms with Crippen molar-refractivity contribution in [2.24, 2.45) is 0 Å². The molecule has 1 aliphatic heterocycles. The summed E-state index contributed by atoms with van der Waals surface area (Å²) in [5.41, 5.74) is 4.76. The van der Waals surface area contributed by atoms with Gasteiger partial charge in [-0.3, -0.25) is 0 Å². The van der Waals surface area contributed by atoms with Gasteiger partial charge >= 0.3 is 0 Å². The molecule has 1 heterocycles. The van der Waals surface area contributed by atoms with E-state index in [0.717, 1.165) is 54.6 Å². The van der Waals surface area contributed by atoms with Crippen molar-refractivity contribution in [3.8, 4) is 5.75 Å². The van der Waals surface area contributed by atoms with Gasteiger partial charge in [0.05, 0.1) is 7.11 Å². The molecular weight excluding hydrogens is 366 g/mol. The predicted molar refractivity (Wildman–Crippen MR) is 121 cm³/mol. The lowest BCUT2D eigenvalue weighted by Gasteiger charge is -2.39. The minimum atomic E-state index is 0.422. The minimum Gasteiger partial charge on any atom is -0.496 e. The summed E-state index contributed by atoms with van der Waals surface area (Å²) in [6.45, 7) is 7.21. The van der Waals surface area contributed by atoms with Crippen molar-refractivity contribution in [2.75, 3.05) is 32.6 Å². The maximum atomic E-state index is 5.91. The molecular formula is C23H31N3OS. The van der Waals surface area contributed by atoms with Crippen LogP contribution in [0.25, 0.3) is 0 Å². The Labute approximate surface area is 174 Å². The molecule has 0 spiro atoms. The average Bonchev–Trinajstić information content (AvgIpc) is 2.70. The molecule has 3 rings (SSSR count). The van der Waals surface area contributed by atoms with E-state index in [2.05, 4.69) is 66.3 Å². The van der Waals surface area contributed by atoms with Gasteiger partial charge in [0, 0.05) is 23.8 Å². The first-order chi connectivity index (χ1) is 13.5. The van der Waals surface area contributed by atoms with E-state index < -0.39 is 0 Å². The molecule has 2 aromatic carbocycles. The van der Waals surface area contributed by atoms with Crippen LogP contribution in [0.3, 0.4) is 0 Å². The third-order valence-corrected chi connectivity index (χ3v) is 6.11. The number of hydrogen-bond acceptors (Lipinski definition) is 3. The second kappa shape index (κ2) is 9.39. The second-order valence-corrected chi connectivity index (χ2v) is 8.04. The predicted octanol–water partition coefficient (Wildman–Crippen LogP) is 4.61. The number of likely N-dealkylation sites (tertiary alicyclic amines) is 1. The number of hydrogen-bond donors (Lipinski definition) is 1. The Morgan fingerprint density at radius 1 is 1.14 bits per heavy atom. The fourth-order valence-electron chi connectivity index (χ4n) is 3.76. The van der Waals surface area contributed by atoms with Crippen molar-refractivity contribution in [3.63, 3.8) is 0 Å². The van der Waals surface area contributed by atoms with Crippen molar-refractivity contribution < 1.29 is 4.74 Å². The number of para-hydroxylation sites is 1. The van der Waals surface area contributed by atoms with E-state index in [4.69, 9.17) is 17.0 Å². The van der Waals surface area contributed by atoms with Gasteiger partial charge in [0.25, 0.3) is 0 Å². The van der Waals surface area contributed by atoms with Gasteiger partial charge in [-0.2, -0.15) is 0 Å². The minimum absolute atomic E-state index is 0.422. The Morgan fingerprint density at radius 3 is 2.57 bits per heavy atom. The van der Waals surface area contributed by atoms with E-state index in [9.17, 15) is 0 Å². The quantitative estimate of drug-likeness (QED) is 0.744. The van der Waals surface area contributed by atoms with Crippen LogP contribution in [0.5, 0.6) is 5.75 Å². The van der Waals surface area contributed by atoms with Gasteiger partial charge < -0.3 is 19.9 Å². The van der Waals surface area contributed by atoms with Gasteiger partial charge in [0.15, 0.2) is 5.11 Å². The zero-order valence-electron chi connectivity index (χ0n) is 17.4. The molecule has 0 bridgehead atoms. The van der Waals surface area contributed by atoms with Crippen LogP contribution in [0, 0.1) is 13.8 Å². The Morgan fingerprint density at radius 2 is 1.86 bits per heavy atom. The topological polar surface area (TPSA) is 27.7 Å². The fraction of sp³-hybridized carbons (Fsp3) is 0.435. The lowest BCUT2D eigenvalue weighted by molar-refractivity contribution is 0.173. The monoisotopic (exact) mass is 397 g/mol. The smallest absolute Gasteiger partial charge is 0.173 e. The summed E-state index contributed by atoms with van der Waals surface area (Å²) >= 11 is 5.91. The van der Waals surface area contributed by atoms with E-state index in [1.54, 1.807) is 7.11 Å². The number of nitrogens with zero attached hydrogens (tertiary/aromatic N) is 2. The SMILES string of the molecule is COc1ccccc1CN(C(=S)Nc1cccc(C)c1C)C1CCN(C)CC1. The largest absolute Gasteiger partial charge is 0.496 e. The molecule has 28 heavy (non-hydrogen) atoms. The van der Waals surface area contributed by atoms with Crippen LogP contribution in [0.2, 0.25) is 0 Å². The highest BCUT2D eigenvalue weighted by Crippen LogP contribution is 2.25. The third kappa shape index (κ3) is 4.83.